The number of carbonyl (C=O) groups is 1. The van der Waals surface area contributed by atoms with Crippen molar-refractivity contribution in [3.63, 3.8) is 0 Å². The first-order chi connectivity index (χ1) is 16.0. The van der Waals surface area contributed by atoms with E-state index in [4.69, 9.17) is 15.9 Å². The van der Waals surface area contributed by atoms with Crippen molar-refractivity contribution in [2.24, 2.45) is 7.05 Å². The number of nitrogens with zero attached hydrogens (tertiary/aromatic N) is 2. The number of aromatic nitrogens is 2. The van der Waals surface area contributed by atoms with E-state index >= 15 is 0 Å². The van der Waals surface area contributed by atoms with Gasteiger partial charge in [0.1, 0.15) is 12.4 Å². The number of amides is 1. The summed E-state index contributed by atoms with van der Waals surface area (Å²) < 4.78 is 12.7. The van der Waals surface area contributed by atoms with Crippen LogP contribution in [0.5, 0.6) is 11.5 Å². The fourth-order valence-corrected chi connectivity index (χ4v) is 4.73. The molecule has 8 heteroatoms. The molecule has 1 aliphatic heterocycles. The Bertz CT molecular complexity index is 1280. The monoisotopic (exact) mass is 461 g/mol. The highest BCUT2D eigenvalue weighted by molar-refractivity contribution is 7.98. The summed E-state index contributed by atoms with van der Waals surface area (Å²) in [6.45, 7) is 0.109. The molecule has 1 N–H and O–H groups in total. The van der Waals surface area contributed by atoms with Gasteiger partial charge in [-0.05, 0) is 23.3 Å². The Balaban J connectivity index is 1.70. The number of thioether (sulfide) groups is 1. The number of ether oxygens (including phenoxy) is 2. The largest absolute Gasteiger partial charge is 0.493 e. The van der Waals surface area contributed by atoms with Gasteiger partial charge < -0.3 is 19.4 Å². The quantitative estimate of drug-likeness (QED) is 0.329. The maximum Gasteiger partial charge on any atom is 0.279 e. The zero-order valence-electron chi connectivity index (χ0n) is 18.3. The highest BCUT2D eigenvalue weighted by Gasteiger charge is 2.32. The molecule has 0 bridgehead atoms. The summed E-state index contributed by atoms with van der Waals surface area (Å²) in [5, 5.41) is 3.41. The molecule has 4 rings (SSSR count). The van der Waals surface area contributed by atoms with Crippen LogP contribution in [0.4, 0.5) is 5.82 Å². The molecule has 0 fully saturated rings. The van der Waals surface area contributed by atoms with Crippen LogP contribution < -0.4 is 20.3 Å². The van der Waals surface area contributed by atoms with E-state index in [1.807, 2.05) is 36.4 Å². The molecule has 7 nitrogen and oxygen atoms in total. The average molecular weight is 462 g/mol. The number of benzene rings is 2. The van der Waals surface area contributed by atoms with Crippen LogP contribution in [0.3, 0.4) is 0 Å². The summed E-state index contributed by atoms with van der Waals surface area (Å²) >= 11 is 1.45. The number of rotatable bonds is 7. The second-order valence-electron chi connectivity index (χ2n) is 7.50. The highest BCUT2D eigenvalue weighted by Crippen LogP contribution is 2.39. The van der Waals surface area contributed by atoms with E-state index in [1.54, 1.807) is 23.7 Å². The minimum atomic E-state index is -0.455. The van der Waals surface area contributed by atoms with Gasteiger partial charge in [0.05, 0.1) is 12.7 Å². The Labute approximate surface area is 196 Å². The number of methoxy groups -OCH3 is 1. The van der Waals surface area contributed by atoms with Crippen molar-refractivity contribution >= 4 is 23.5 Å². The summed E-state index contributed by atoms with van der Waals surface area (Å²) in [6.07, 6.45) is 5.41. The van der Waals surface area contributed by atoms with Gasteiger partial charge in [0, 0.05) is 25.1 Å². The fraction of sp³-hybridized carbons (Fsp3) is 0.240. The van der Waals surface area contributed by atoms with Crippen molar-refractivity contribution in [1.29, 1.82) is 0 Å². The molecule has 0 radical (unpaired) electrons. The molecule has 2 heterocycles. The zero-order valence-corrected chi connectivity index (χ0v) is 19.1. The molecule has 3 aromatic rings. The molecular formula is C25H23N3O4S. The van der Waals surface area contributed by atoms with Crippen LogP contribution in [-0.2, 0) is 17.6 Å². The molecule has 1 amide bonds. The number of nitrogens with one attached hydrogen (secondary N) is 1. The lowest BCUT2D eigenvalue weighted by atomic mass is 9.86. The number of terminal acetylenes is 1. The average Bonchev–Trinajstić information content (AvgIpc) is 2.84. The van der Waals surface area contributed by atoms with Crippen LogP contribution in [0.2, 0.25) is 0 Å². The molecule has 168 valence electrons. The first-order valence-corrected chi connectivity index (χ1v) is 11.3. The number of hydrogen-bond donors (Lipinski definition) is 1. The third-order valence-electron chi connectivity index (χ3n) is 5.41. The van der Waals surface area contributed by atoms with Gasteiger partial charge in [0.2, 0.25) is 5.91 Å². The fourth-order valence-electron chi connectivity index (χ4n) is 3.81. The van der Waals surface area contributed by atoms with Gasteiger partial charge in [-0.15, -0.1) is 6.42 Å². The van der Waals surface area contributed by atoms with Crippen molar-refractivity contribution in [2.45, 2.75) is 23.2 Å². The van der Waals surface area contributed by atoms with E-state index in [0.29, 0.717) is 33.8 Å². The van der Waals surface area contributed by atoms with Gasteiger partial charge >= 0.3 is 0 Å². The van der Waals surface area contributed by atoms with Crippen LogP contribution in [0.25, 0.3) is 0 Å². The second kappa shape index (κ2) is 9.84. The van der Waals surface area contributed by atoms with E-state index in [2.05, 4.69) is 16.2 Å². The first-order valence-electron chi connectivity index (χ1n) is 10.3. The molecule has 0 saturated carbocycles. The predicted octanol–water partition coefficient (Wildman–Crippen LogP) is 3.57. The minimum Gasteiger partial charge on any atom is -0.493 e. The number of carbonyl (C=O) groups excluding carboxylic acids is 1. The summed E-state index contributed by atoms with van der Waals surface area (Å²) in [6, 6.07) is 15.3. The molecule has 0 aliphatic carbocycles. The smallest absolute Gasteiger partial charge is 0.279 e. The maximum atomic E-state index is 13.1. The van der Waals surface area contributed by atoms with E-state index < -0.39 is 5.92 Å². The van der Waals surface area contributed by atoms with E-state index in [0.717, 1.165) is 11.1 Å². The van der Waals surface area contributed by atoms with Crippen molar-refractivity contribution in [1.82, 2.24) is 9.55 Å². The summed E-state index contributed by atoms with van der Waals surface area (Å²) in [5.74, 6) is 3.91. The maximum absolute atomic E-state index is 13.1. The lowest BCUT2D eigenvalue weighted by Gasteiger charge is -2.28. The van der Waals surface area contributed by atoms with Crippen LogP contribution in [0.15, 0.2) is 58.5 Å². The van der Waals surface area contributed by atoms with E-state index in [-0.39, 0.29) is 24.5 Å². The minimum absolute atomic E-state index is 0.109. The standard InChI is InChI=1S/C25H23N3O4S/c1-4-12-32-19-11-10-17(13-20(19)31-3)18-14-21(29)26-23-22(18)24(30)27-25(28(23)2)33-15-16-8-6-5-7-9-16/h1,5-11,13,18H,12,14-15H2,2-3H3,(H,26,29)/t18-/m1/s1. The number of anilines is 1. The summed E-state index contributed by atoms with van der Waals surface area (Å²) in [7, 11) is 3.33. The summed E-state index contributed by atoms with van der Waals surface area (Å²) in [4.78, 5) is 30.1. The van der Waals surface area contributed by atoms with Crippen molar-refractivity contribution in [2.75, 3.05) is 19.0 Å². The third kappa shape index (κ3) is 4.73. The zero-order chi connectivity index (χ0) is 23.4. The lowest BCUT2D eigenvalue weighted by molar-refractivity contribution is -0.116. The molecule has 1 atom stereocenters. The summed E-state index contributed by atoms with van der Waals surface area (Å²) in [5.41, 5.74) is 1.99. The van der Waals surface area contributed by atoms with Crippen molar-refractivity contribution < 1.29 is 14.3 Å². The molecule has 0 saturated heterocycles. The van der Waals surface area contributed by atoms with Crippen LogP contribution >= 0.6 is 11.8 Å². The van der Waals surface area contributed by atoms with Gasteiger partial charge in [0.25, 0.3) is 5.56 Å². The molecule has 0 spiro atoms. The first kappa shape index (κ1) is 22.5. The Morgan fingerprint density at radius 1 is 1.21 bits per heavy atom. The van der Waals surface area contributed by atoms with Crippen LogP contribution in [0.1, 0.15) is 29.0 Å². The van der Waals surface area contributed by atoms with Gasteiger partial charge in [-0.1, -0.05) is 54.1 Å². The molecule has 33 heavy (non-hydrogen) atoms. The Kier molecular flexibility index (Phi) is 6.71. The van der Waals surface area contributed by atoms with Gasteiger partial charge in [0.15, 0.2) is 16.7 Å². The Morgan fingerprint density at radius 2 is 2.00 bits per heavy atom. The van der Waals surface area contributed by atoms with Gasteiger partial charge in [-0.25, -0.2) is 0 Å². The van der Waals surface area contributed by atoms with E-state index in [9.17, 15) is 9.59 Å². The topological polar surface area (TPSA) is 82.5 Å². The lowest BCUT2D eigenvalue weighted by Crippen LogP contribution is -2.33. The normalized spacial score (nSPS) is 14.7. The highest BCUT2D eigenvalue weighted by atomic mass is 32.2. The molecule has 0 unspecified atom stereocenters. The number of hydrogen-bond acceptors (Lipinski definition) is 6. The molecular weight excluding hydrogens is 438 g/mol. The SMILES string of the molecule is C#CCOc1ccc([C@H]2CC(=O)Nc3c2c(=O)nc(SCc2ccccc2)n3C)cc1OC. The second-order valence-corrected chi connectivity index (χ2v) is 8.45. The molecule has 2 aromatic carbocycles. The van der Waals surface area contributed by atoms with Crippen molar-refractivity contribution in [3.8, 4) is 23.8 Å². The Morgan fingerprint density at radius 3 is 2.73 bits per heavy atom. The third-order valence-corrected chi connectivity index (χ3v) is 6.51. The Hall–Kier alpha value is -3.70. The van der Waals surface area contributed by atoms with Gasteiger partial charge in [-0.2, -0.15) is 4.98 Å². The predicted molar refractivity (Wildman–Crippen MR) is 128 cm³/mol. The van der Waals surface area contributed by atoms with Crippen LogP contribution in [0, 0.1) is 12.3 Å². The van der Waals surface area contributed by atoms with Gasteiger partial charge in [-0.3, -0.25) is 9.59 Å². The number of fused-ring (bicyclic) bond motifs is 1. The van der Waals surface area contributed by atoms with Crippen LogP contribution in [-0.4, -0.2) is 29.2 Å². The van der Waals surface area contributed by atoms with E-state index in [1.165, 1.54) is 18.9 Å². The molecule has 1 aliphatic rings. The molecule has 1 aromatic heterocycles. The van der Waals surface area contributed by atoms with Crippen molar-refractivity contribution in [3.05, 3.63) is 75.6 Å².